The lowest BCUT2D eigenvalue weighted by atomic mass is 10.3. The molecule has 0 aliphatic carbocycles. The number of hydrogen-bond donors (Lipinski definition) is 0. The third-order valence-corrected chi connectivity index (χ3v) is 2.51. The van der Waals surface area contributed by atoms with Crippen molar-refractivity contribution in [3.8, 4) is 0 Å². The van der Waals surface area contributed by atoms with Gasteiger partial charge in [0.2, 0.25) is 0 Å². The van der Waals surface area contributed by atoms with Crippen molar-refractivity contribution in [2.75, 3.05) is 5.75 Å². The monoisotopic (exact) mass is 220 g/mol. The molecule has 0 aliphatic rings. The molecule has 0 saturated carbocycles. The van der Waals surface area contributed by atoms with Gasteiger partial charge in [0.15, 0.2) is 0 Å². The summed E-state index contributed by atoms with van der Waals surface area (Å²) in [6.45, 7) is 3.92. The molecule has 4 nitrogen and oxygen atoms in total. The van der Waals surface area contributed by atoms with Crippen LogP contribution in [0.1, 0.15) is 25.5 Å². The fourth-order valence-electron chi connectivity index (χ4n) is 1.03. The van der Waals surface area contributed by atoms with E-state index in [0.29, 0.717) is 0 Å². The van der Waals surface area contributed by atoms with E-state index in [1.807, 2.05) is 13.8 Å². The number of halogens is 1. The molecule has 80 valence electrons. The zero-order valence-electron chi connectivity index (χ0n) is 8.14. The first-order valence-electron chi connectivity index (χ1n) is 4.34. The van der Waals surface area contributed by atoms with E-state index in [0.717, 1.165) is 5.56 Å². The van der Waals surface area contributed by atoms with E-state index >= 15 is 0 Å². The van der Waals surface area contributed by atoms with Crippen LogP contribution in [0, 0.1) is 0 Å². The smallest absolute Gasteiger partial charge is 0.270 e. The maximum atomic E-state index is 12.2. The minimum atomic E-state index is -4.37. The molecule has 1 heterocycles. The Morgan fingerprint density at radius 1 is 1.57 bits per heavy atom. The summed E-state index contributed by atoms with van der Waals surface area (Å²) in [6, 6.07) is 0.228. The first-order chi connectivity index (χ1) is 6.38. The molecule has 0 atom stereocenters. The molecule has 1 rings (SSSR count). The highest BCUT2D eigenvalue weighted by Gasteiger charge is 2.09. The molecule has 14 heavy (non-hydrogen) atoms. The lowest BCUT2D eigenvalue weighted by Gasteiger charge is -2.02. The highest BCUT2D eigenvalue weighted by Crippen LogP contribution is 2.07. The molecule has 0 fully saturated rings. The van der Waals surface area contributed by atoms with Gasteiger partial charge in [0, 0.05) is 12.2 Å². The molecule has 0 saturated heterocycles. The second kappa shape index (κ2) is 4.08. The van der Waals surface area contributed by atoms with Crippen molar-refractivity contribution in [1.82, 2.24) is 9.78 Å². The Morgan fingerprint density at radius 3 is 2.64 bits per heavy atom. The van der Waals surface area contributed by atoms with E-state index in [2.05, 4.69) is 5.10 Å². The Morgan fingerprint density at radius 2 is 2.21 bits per heavy atom. The summed E-state index contributed by atoms with van der Waals surface area (Å²) in [6.07, 6.45) is 3.46. The number of nitrogens with zero attached hydrogens (tertiary/aromatic N) is 2. The van der Waals surface area contributed by atoms with E-state index in [-0.39, 0.29) is 12.5 Å². The Labute approximate surface area is 82.9 Å². The van der Waals surface area contributed by atoms with Crippen LogP contribution in [0.3, 0.4) is 0 Å². The SMILES string of the molecule is CC(C)n1cc(CCS(=O)(=O)F)cn1. The van der Waals surface area contributed by atoms with E-state index in [4.69, 9.17) is 0 Å². The number of aromatic nitrogens is 2. The van der Waals surface area contributed by atoms with Gasteiger partial charge in [-0.3, -0.25) is 4.68 Å². The molecule has 0 aliphatic heterocycles. The highest BCUT2D eigenvalue weighted by molar-refractivity contribution is 7.86. The Bertz CT molecular complexity index is 397. The minimum Gasteiger partial charge on any atom is -0.270 e. The van der Waals surface area contributed by atoms with Crippen LogP contribution in [0.5, 0.6) is 0 Å². The molecule has 0 spiro atoms. The van der Waals surface area contributed by atoms with Crippen LogP contribution in [0.2, 0.25) is 0 Å². The molecule has 0 unspecified atom stereocenters. The van der Waals surface area contributed by atoms with Crippen LogP contribution in [-0.4, -0.2) is 24.0 Å². The van der Waals surface area contributed by atoms with E-state index < -0.39 is 16.0 Å². The van der Waals surface area contributed by atoms with Gasteiger partial charge in [0.1, 0.15) is 0 Å². The van der Waals surface area contributed by atoms with Crippen LogP contribution < -0.4 is 0 Å². The zero-order chi connectivity index (χ0) is 10.8. The summed E-state index contributed by atoms with van der Waals surface area (Å²) in [4.78, 5) is 0. The Kier molecular flexibility index (Phi) is 3.25. The van der Waals surface area contributed by atoms with Crippen molar-refractivity contribution in [3.63, 3.8) is 0 Å². The van der Waals surface area contributed by atoms with Gasteiger partial charge in [-0.25, -0.2) is 0 Å². The molecule has 0 radical (unpaired) electrons. The molecule has 0 N–H and O–H groups in total. The summed E-state index contributed by atoms with van der Waals surface area (Å²) in [5.41, 5.74) is 0.736. The summed E-state index contributed by atoms with van der Waals surface area (Å²) in [5.74, 6) is -0.475. The van der Waals surface area contributed by atoms with Crippen molar-refractivity contribution in [2.24, 2.45) is 0 Å². The third kappa shape index (κ3) is 3.45. The van der Waals surface area contributed by atoms with Crippen LogP contribution in [-0.2, 0) is 16.6 Å². The fourth-order valence-corrected chi connectivity index (χ4v) is 1.51. The molecule has 1 aromatic rings. The minimum absolute atomic E-state index is 0.172. The first kappa shape index (κ1) is 11.2. The quantitative estimate of drug-likeness (QED) is 0.719. The summed E-state index contributed by atoms with van der Waals surface area (Å²) < 4.78 is 34.4. The number of aryl methyl sites for hydroxylation is 1. The molecule has 0 amide bonds. The topological polar surface area (TPSA) is 52.0 Å². The van der Waals surface area contributed by atoms with Crippen LogP contribution in [0.4, 0.5) is 3.89 Å². The van der Waals surface area contributed by atoms with Crippen molar-refractivity contribution < 1.29 is 12.3 Å². The van der Waals surface area contributed by atoms with Gasteiger partial charge < -0.3 is 0 Å². The van der Waals surface area contributed by atoms with Crippen molar-refractivity contribution in [2.45, 2.75) is 26.3 Å². The van der Waals surface area contributed by atoms with Gasteiger partial charge in [-0.15, -0.1) is 3.89 Å². The lowest BCUT2D eigenvalue weighted by molar-refractivity contribution is 0.532. The molecule has 0 bridgehead atoms. The Hall–Kier alpha value is -0.910. The molecular formula is C8H13FN2O2S. The standard InChI is InChI=1S/C8H13FN2O2S/c1-7(2)11-6-8(5-10-11)3-4-14(9,12)13/h5-7H,3-4H2,1-2H3. The third-order valence-electron chi connectivity index (χ3n) is 1.82. The first-order valence-corrected chi connectivity index (χ1v) is 5.89. The molecular weight excluding hydrogens is 207 g/mol. The number of rotatable bonds is 4. The van der Waals surface area contributed by atoms with Crippen LogP contribution in [0.25, 0.3) is 0 Å². The predicted octanol–water partition coefficient (Wildman–Crippen LogP) is 1.31. The zero-order valence-corrected chi connectivity index (χ0v) is 8.96. The van der Waals surface area contributed by atoms with Gasteiger partial charge in [0.25, 0.3) is 0 Å². The lowest BCUT2D eigenvalue weighted by Crippen LogP contribution is -2.02. The van der Waals surface area contributed by atoms with Crippen molar-refractivity contribution in [1.29, 1.82) is 0 Å². The average molecular weight is 220 g/mol. The maximum absolute atomic E-state index is 12.2. The van der Waals surface area contributed by atoms with E-state index in [1.165, 1.54) is 0 Å². The van der Waals surface area contributed by atoms with Crippen LogP contribution in [0.15, 0.2) is 12.4 Å². The van der Waals surface area contributed by atoms with Gasteiger partial charge in [0.05, 0.1) is 11.9 Å². The average Bonchev–Trinajstić information content (AvgIpc) is 2.47. The van der Waals surface area contributed by atoms with Gasteiger partial charge in [-0.05, 0) is 25.8 Å². The second-order valence-corrected chi connectivity index (χ2v) is 4.90. The maximum Gasteiger partial charge on any atom is 0.302 e. The number of hydrogen-bond acceptors (Lipinski definition) is 3. The molecule has 1 aromatic heterocycles. The Balaban J connectivity index is 2.61. The second-order valence-electron chi connectivity index (χ2n) is 3.42. The summed E-state index contributed by atoms with van der Waals surface area (Å²) >= 11 is 0. The molecule has 6 heteroatoms. The van der Waals surface area contributed by atoms with Crippen molar-refractivity contribution in [3.05, 3.63) is 18.0 Å². The normalized spacial score (nSPS) is 12.3. The van der Waals surface area contributed by atoms with Gasteiger partial charge in [-0.2, -0.15) is 13.5 Å². The van der Waals surface area contributed by atoms with E-state index in [9.17, 15) is 12.3 Å². The van der Waals surface area contributed by atoms with Crippen molar-refractivity contribution >= 4 is 10.2 Å². The highest BCUT2D eigenvalue weighted by atomic mass is 32.3. The van der Waals surface area contributed by atoms with Crippen LogP contribution >= 0.6 is 0 Å². The summed E-state index contributed by atoms with van der Waals surface area (Å²) in [7, 11) is -4.37. The van der Waals surface area contributed by atoms with Gasteiger partial charge >= 0.3 is 10.2 Å². The predicted molar refractivity (Wildman–Crippen MR) is 51.2 cm³/mol. The summed E-state index contributed by atoms with van der Waals surface area (Å²) in [5, 5.41) is 4.02. The molecule has 0 aromatic carbocycles. The largest absolute Gasteiger partial charge is 0.302 e. The van der Waals surface area contributed by atoms with Gasteiger partial charge in [-0.1, -0.05) is 0 Å². The fraction of sp³-hybridized carbons (Fsp3) is 0.625. The van der Waals surface area contributed by atoms with E-state index in [1.54, 1.807) is 17.1 Å².